The topological polar surface area (TPSA) is 144 Å². The third-order valence-corrected chi connectivity index (χ3v) is 1.85. The van der Waals surface area contributed by atoms with Crippen LogP contribution in [0.25, 0.3) is 0 Å². The average Bonchev–Trinajstić information content (AvgIpc) is 2.40. The van der Waals surface area contributed by atoms with Crippen LogP contribution < -0.4 is 16.0 Å². The summed E-state index contributed by atoms with van der Waals surface area (Å²) < 4.78 is 0. The van der Waals surface area contributed by atoms with Crippen LogP contribution in [0.4, 0.5) is 11.6 Å². The Morgan fingerprint density at radius 2 is 2.00 bits per heavy atom. The summed E-state index contributed by atoms with van der Waals surface area (Å²) in [6, 6.07) is 11.1. The molecule has 0 atom stereocenters. The van der Waals surface area contributed by atoms with Crippen LogP contribution >= 0.6 is 0 Å². The van der Waals surface area contributed by atoms with Crippen molar-refractivity contribution in [3.05, 3.63) is 64.1 Å². The van der Waals surface area contributed by atoms with Crippen LogP contribution in [0.3, 0.4) is 0 Å². The molecule has 2 heterocycles. The zero-order chi connectivity index (χ0) is 14.8. The second kappa shape index (κ2) is 7.97. The van der Waals surface area contributed by atoms with Crippen molar-refractivity contribution in [1.82, 2.24) is 4.98 Å². The fourth-order valence-corrected chi connectivity index (χ4v) is 1.18. The van der Waals surface area contributed by atoms with Crippen molar-refractivity contribution >= 4 is 17.6 Å². The molecule has 4 N–H and O–H groups in total. The standard InChI is InChI=1S/C11H11N5.NO3/c12-11(15-9-5-1-3-7-13-9)16-10-6-2-4-8-14-10;2-1(3)4/h1-8H,(H3,12,13,14,15,16);/q;-1/p+1. The first-order chi connectivity index (χ1) is 9.58. The lowest BCUT2D eigenvalue weighted by Crippen LogP contribution is -2.23. The molecule has 0 bridgehead atoms. The number of hydrogen-bond acceptors (Lipinski definition) is 5. The lowest BCUT2D eigenvalue weighted by atomic mass is 10.4. The number of aromatic nitrogens is 2. The third-order valence-electron chi connectivity index (χ3n) is 1.85. The first kappa shape index (κ1) is 14.8. The zero-order valence-electron chi connectivity index (χ0n) is 10.3. The largest absolute Gasteiger partial charge is 0.356 e. The van der Waals surface area contributed by atoms with Crippen molar-refractivity contribution in [2.45, 2.75) is 0 Å². The molecule has 104 valence electrons. The highest BCUT2D eigenvalue weighted by Gasteiger charge is 2.03. The fraction of sp³-hybridized carbons (Fsp3) is 0. The quantitative estimate of drug-likeness (QED) is 0.358. The minimum Gasteiger partial charge on any atom is -0.356 e. The molecule has 9 nitrogen and oxygen atoms in total. The van der Waals surface area contributed by atoms with Gasteiger partial charge in [0.15, 0.2) is 0 Å². The van der Waals surface area contributed by atoms with Crippen LogP contribution in [-0.4, -0.2) is 16.0 Å². The van der Waals surface area contributed by atoms with Gasteiger partial charge in [-0.15, -0.1) is 0 Å². The summed E-state index contributed by atoms with van der Waals surface area (Å²) in [7, 11) is 0. The molecule has 0 unspecified atom stereocenters. The molecule has 0 aromatic carbocycles. The highest BCUT2D eigenvalue weighted by atomic mass is 16.9. The van der Waals surface area contributed by atoms with Gasteiger partial charge in [0.25, 0.3) is 0 Å². The highest BCUT2D eigenvalue weighted by Crippen LogP contribution is 2.02. The van der Waals surface area contributed by atoms with Gasteiger partial charge in [-0.05, 0) is 23.2 Å². The van der Waals surface area contributed by atoms with Crippen LogP contribution in [0.15, 0.2) is 53.8 Å². The van der Waals surface area contributed by atoms with Gasteiger partial charge in [-0.1, -0.05) is 12.1 Å². The molecule has 0 radical (unpaired) electrons. The lowest BCUT2D eigenvalue weighted by molar-refractivity contribution is -0.402. The Morgan fingerprint density at radius 1 is 1.30 bits per heavy atom. The molecular weight excluding hydrogens is 264 g/mol. The van der Waals surface area contributed by atoms with Gasteiger partial charge in [0.1, 0.15) is 5.82 Å². The van der Waals surface area contributed by atoms with E-state index in [-0.39, 0.29) is 0 Å². The first-order valence-corrected chi connectivity index (χ1v) is 5.38. The van der Waals surface area contributed by atoms with Crippen molar-refractivity contribution < 1.29 is 10.1 Å². The molecule has 2 aromatic rings. The Labute approximate surface area is 113 Å². The molecule has 0 amide bonds. The van der Waals surface area contributed by atoms with Crippen LogP contribution in [-0.2, 0) is 0 Å². The zero-order valence-corrected chi connectivity index (χ0v) is 10.3. The van der Waals surface area contributed by atoms with Crippen LogP contribution in [0.5, 0.6) is 0 Å². The number of nitrogens with two attached hydrogens (primary N) is 1. The molecule has 0 fully saturated rings. The second-order valence-corrected chi connectivity index (χ2v) is 3.31. The summed E-state index contributed by atoms with van der Waals surface area (Å²) >= 11 is 0. The maximum Gasteiger partial charge on any atom is 0.325 e. The number of rotatable bonds is 2. The minimum atomic E-state index is -1.75. The molecule has 0 aliphatic heterocycles. The molecule has 0 aliphatic carbocycles. The van der Waals surface area contributed by atoms with Gasteiger partial charge >= 0.3 is 11.8 Å². The molecule has 0 saturated carbocycles. The molecule has 2 rings (SSSR count). The summed E-state index contributed by atoms with van der Waals surface area (Å²) in [6.45, 7) is 0. The number of anilines is 1. The van der Waals surface area contributed by atoms with E-state index in [9.17, 15) is 0 Å². The van der Waals surface area contributed by atoms with Gasteiger partial charge in [-0.25, -0.2) is 9.97 Å². The SMILES string of the molecule is N/C(=N\c1cccc[nH+]1)Nc1ccccn1.O=[N+]([O-])[O-]. The van der Waals surface area contributed by atoms with E-state index >= 15 is 0 Å². The third kappa shape index (κ3) is 6.49. The molecule has 9 heteroatoms. The Kier molecular flexibility index (Phi) is 5.91. The smallest absolute Gasteiger partial charge is 0.325 e. The monoisotopic (exact) mass is 276 g/mol. The van der Waals surface area contributed by atoms with Gasteiger partial charge in [0.2, 0.25) is 0 Å². The van der Waals surface area contributed by atoms with Gasteiger partial charge in [0.05, 0.1) is 11.3 Å². The Hall–Kier alpha value is -3.23. The van der Waals surface area contributed by atoms with Gasteiger partial charge in [-0.3, -0.25) is 5.32 Å². The van der Waals surface area contributed by atoms with Crippen molar-refractivity contribution in [1.29, 1.82) is 0 Å². The van der Waals surface area contributed by atoms with Crippen LogP contribution in [0.2, 0.25) is 0 Å². The normalized spacial score (nSPS) is 10.1. The fourth-order valence-electron chi connectivity index (χ4n) is 1.18. The maximum atomic E-state index is 8.25. The number of guanidine groups is 1. The van der Waals surface area contributed by atoms with E-state index in [2.05, 4.69) is 20.3 Å². The molecule has 0 saturated heterocycles. The summed E-state index contributed by atoms with van der Waals surface area (Å²) in [5.41, 5.74) is 5.72. The van der Waals surface area contributed by atoms with Crippen molar-refractivity contribution in [3.63, 3.8) is 0 Å². The molecule has 0 spiro atoms. The summed E-state index contributed by atoms with van der Waals surface area (Å²) in [4.78, 5) is 19.4. The number of aliphatic imine (C=N–C) groups is 1. The molecule has 2 aromatic heterocycles. The first-order valence-electron chi connectivity index (χ1n) is 5.38. The van der Waals surface area contributed by atoms with Gasteiger partial charge in [0, 0.05) is 12.3 Å². The van der Waals surface area contributed by atoms with Gasteiger partial charge < -0.3 is 21.1 Å². The Balaban J connectivity index is 0.000000444. The van der Waals surface area contributed by atoms with Crippen LogP contribution in [0, 0.1) is 15.3 Å². The van der Waals surface area contributed by atoms with E-state index in [1.807, 2.05) is 36.4 Å². The van der Waals surface area contributed by atoms with Crippen molar-refractivity contribution in [3.8, 4) is 0 Å². The predicted molar refractivity (Wildman–Crippen MR) is 72.5 cm³/mol. The predicted octanol–water partition coefficient (Wildman–Crippen LogP) is 0.715. The number of hydrogen-bond donors (Lipinski definition) is 2. The van der Waals surface area contributed by atoms with Crippen molar-refractivity contribution in [2.24, 2.45) is 10.7 Å². The average molecular weight is 276 g/mol. The highest BCUT2D eigenvalue weighted by molar-refractivity contribution is 5.92. The second-order valence-electron chi connectivity index (χ2n) is 3.31. The number of aromatic amines is 1. The lowest BCUT2D eigenvalue weighted by Gasteiger charge is -1.98. The van der Waals surface area contributed by atoms with Crippen molar-refractivity contribution in [2.75, 3.05) is 5.32 Å². The van der Waals surface area contributed by atoms with E-state index in [0.29, 0.717) is 17.6 Å². The molecule has 0 aliphatic rings. The van der Waals surface area contributed by atoms with E-state index in [4.69, 9.17) is 21.1 Å². The van der Waals surface area contributed by atoms with E-state index in [1.165, 1.54) is 0 Å². The number of H-pyrrole nitrogens is 1. The summed E-state index contributed by atoms with van der Waals surface area (Å²) in [5.74, 6) is 1.64. The van der Waals surface area contributed by atoms with Gasteiger partial charge in [-0.2, -0.15) is 0 Å². The van der Waals surface area contributed by atoms with E-state index in [1.54, 1.807) is 12.4 Å². The Morgan fingerprint density at radius 3 is 2.55 bits per heavy atom. The van der Waals surface area contributed by atoms with E-state index < -0.39 is 5.09 Å². The summed E-state index contributed by atoms with van der Waals surface area (Å²) in [6.07, 6.45) is 3.47. The van der Waals surface area contributed by atoms with Crippen LogP contribution in [0.1, 0.15) is 0 Å². The molecular formula is C11H12N6O3. The Bertz CT molecular complexity index is 557. The summed E-state index contributed by atoms with van der Waals surface area (Å²) in [5, 5.41) is 17.6. The molecule has 20 heavy (non-hydrogen) atoms. The number of nitrogens with one attached hydrogen (secondary N) is 2. The number of pyridine rings is 2. The minimum absolute atomic E-state index is 0.293. The van der Waals surface area contributed by atoms with E-state index in [0.717, 1.165) is 0 Å². The number of nitrogens with zero attached hydrogens (tertiary/aromatic N) is 3. The maximum absolute atomic E-state index is 8.25.